The minimum absolute atomic E-state index is 0.479. The van der Waals surface area contributed by atoms with E-state index in [1.807, 2.05) is 0 Å². The number of hydrogen-bond acceptors (Lipinski definition) is 5. The summed E-state index contributed by atoms with van der Waals surface area (Å²) in [4.78, 5) is 8.99. The zero-order valence-electron chi connectivity index (χ0n) is 5.20. The third-order valence-corrected chi connectivity index (χ3v) is 0.742. The van der Waals surface area contributed by atoms with Gasteiger partial charge in [0.25, 0.3) is 5.88 Å². The Morgan fingerprint density at radius 2 is 2.40 bits per heavy atom. The van der Waals surface area contributed by atoms with Crippen molar-refractivity contribution >= 4 is 0 Å². The second kappa shape index (κ2) is 3.29. The first-order valence-corrected chi connectivity index (χ1v) is 2.21. The van der Waals surface area contributed by atoms with Crippen LogP contribution in [-0.2, 0) is 4.74 Å². The number of hydrogen-bond donors (Lipinski definition) is 1. The van der Waals surface area contributed by atoms with Gasteiger partial charge in [-0.3, -0.25) is 10.1 Å². The van der Waals surface area contributed by atoms with Crippen LogP contribution in [0, 0.1) is 21.4 Å². The van der Waals surface area contributed by atoms with Gasteiger partial charge in [-0.1, -0.05) is 0 Å². The Hall–Kier alpha value is -1.77. The van der Waals surface area contributed by atoms with Crippen molar-refractivity contribution in [1.29, 1.82) is 5.26 Å². The first-order chi connectivity index (χ1) is 4.63. The number of methoxy groups -OCH3 is 1. The summed E-state index contributed by atoms with van der Waals surface area (Å²) in [5.41, 5.74) is 4.15. The smallest absolute Gasteiger partial charge is 0.404 e. The van der Waals surface area contributed by atoms with Crippen molar-refractivity contribution in [2.75, 3.05) is 7.11 Å². The second-order valence-corrected chi connectivity index (χ2v) is 1.29. The van der Waals surface area contributed by atoms with Crippen molar-refractivity contribution in [3.8, 4) is 6.07 Å². The normalized spacial score (nSPS) is 11.2. The summed E-state index contributed by atoms with van der Waals surface area (Å²) in [5.74, 6) is -0.479. The highest BCUT2D eigenvalue weighted by molar-refractivity contribution is 5.14. The molecule has 0 aromatic heterocycles. The lowest BCUT2D eigenvalue weighted by molar-refractivity contribution is -0.420. The van der Waals surface area contributed by atoms with Gasteiger partial charge in [0.15, 0.2) is 6.07 Å². The van der Waals surface area contributed by atoms with Crippen LogP contribution in [0.5, 0.6) is 0 Å². The average Bonchev–Trinajstić information content (AvgIpc) is 1.88. The van der Waals surface area contributed by atoms with Crippen molar-refractivity contribution in [2.24, 2.45) is 5.73 Å². The van der Waals surface area contributed by atoms with Gasteiger partial charge in [-0.05, 0) is 0 Å². The van der Waals surface area contributed by atoms with E-state index >= 15 is 0 Å². The van der Waals surface area contributed by atoms with Crippen LogP contribution in [0.1, 0.15) is 0 Å². The van der Waals surface area contributed by atoms with Crippen molar-refractivity contribution in [2.45, 2.75) is 0 Å². The fraction of sp³-hybridized carbons (Fsp3) is 0.250. The maximum atomic E-state index is 9.90. The molecule has 0 aliphatic heterocycles. The number of nitriles is 1. The zero-order chi connectivity index (χ0) is 8.15. The Morgan fingerprint density at radius 3 is 2.50 bits per heavy atom. The molecule has 0 bridgehead atoms. The summed E-state index contributed by atoms with van der Waals surface area (Å²) in [5, 5.41) is 18.0. The van der Waals surface area contributed by atoms with Crippen LogP contribution < -0.4 is 5.73 Å². The Bertz CT molecular complexity index is 214. The molecule has 54 valence electrons. The highest BCUT2D eigenvalue weighted by Gasteiger charge is 2.15. The summed E-state index contributed by atoms with van der Waals surface area (Å²) in [6, 6.07) is 1.28. The molecule has 0 amide bonds. The van der Waals surface area contributed by atoms with E-state index < -0.39 is 16.5 Å². The fourth-order valence-electron chi connectivity index (χ4n) is 0.283. The van der Waals surface area contributed by atoms with E-state index in [-0.39, 0.29) is 0 Å². The van der Waals surface area contributed by atoms with Gasteiger partial charge in [0.2, 0.25) is 0 Å². The summed E-state index contributed by atoms with van der Waals surface area (Å²) in [6.07, 6.45) is 0. The molecule has 6 heteroatoms. The summed E-state index contributed by atoms with van der Waals surface area (Å²) in [7, 11) is 1.15. The van der Waals surface area contributed by atoms with Crippen molar-refractivity contribution in [3.05, 3.63) is 21.7 Å². The highest BCUT2D eigenvalue weighted by atomic mass is 16.6. The standard InChI is InChI=1S/C4H5N3O3/c1-10-4(6)3(2-5)7(8)9/h6H2,1H3/b4-3-. The molecule has 0 atom stereocenters. The molecule has 0 aliphatic carbocycles. The number of rotatable bonds is 2. The molecule has 0 spiro atoms. The van der Waals surface area contributed by atoms with E-state index in [4.69, 9.17) is 11.0 Å². The average molecular weight is 143 g/mol. The Labute approximate surface area is 56.6 Å². The summed E-state index contributed by atoms with van der Waals surface area (Å²) >= 11 is 0. The second-order valence-electron chi connectivity index (χ2n) is 1.29. The van der Waals surface area contributed by atoms with Crippen LogP contribution in [-0.4, -0.2) is 12.0 Å². The summed E-state index contributed by atoms with van der Waals surface area (Å²) in [6.45, 7) is 0. The fourth-order valence-corrected chi connectivity index (χ4v) is 0.283. The van der Waals surface area contributed by atoms with Gasteiger partial charge in [-0.25, -0.2) is 0 Å². The van der Waals surface area contributed by atoms with E-state index in [2.05, 4.69) is 4.74 Å². The number of allylic oxidation sites excluding steroid dienone is 1. The topological polar surface area (TPSA) is 102 Å². The van der Waals surface area contributed by atoms with E-state index in [0.29, 0.717) is 0 Å². The van der Waals surface area contributed by atoms with Crippen molar-refractivity contribution < 1.29 is 9.66 Å². The molecule has 0 aliphatic rings. The molecule has 0 aromatic rings. The summed E-state index contributed by atoms with van der Waals surface area (Å²) < 4.78 is 4.26. The Kier molecular flexibility index (Phi) is 2.71. The predicted molar refractivity (Wildman–Crippen MR) is 30.8 cm³/mol. The highest BCUT2D eigenvalue weighted by Crippen LogP contribution is 1.97. The molecule has 0 fully saturated rings. The molecule has 0 heterocycles. The molecule has 0 saturated heterocycles. The van der Waals surface area contributed by atoms with Crippen LogP contribution in [0.3, 0.4) is 0 Å². The largest absolute Gasteiger partial charge is 0.477 e. The minimum Gasteiger partial charge on any atom is -0.477 e. The lowest BCUT2D eigenvalue weighted by atomic mass is 10.5. The predicted octanol–water partition coefficient (Wildman–Crippen LogP) is -0.439. The van der Waals surface area contributed by atoms with E-state index in [1.54, 1.807) is 0 Å². The molecule has 0 aromatic carbocycles. The van der Waals surface area contributed by atoms with Crippen LogP contribution in [0.15, 0.2) is 11.6 Å². The van der Waals surface area contributed by atoms with Crippen LogP contribution in [0.4, 0.5) is 0 Å². The monoisotopic (exact) mass is 143 g/mol. The first-order valence-electron chi connectivity index (χ1n) is 2.21. The molecule has 0 saturated carbocycles. The van der Waals surface area contributed by atoms with Gasteiger partial charge in [-0.2, -0.15) is 5.26 Å². The Balaban J connectivity index is 4.68. The first kappa shape index (κ1) is 8.23. The number of nitro groups is 1. The van der Waals surface area contributed by atoms with Gasteiger partial charge in [0, 0.05) is 0 Å². The molecular formula is C4H5N3O3. The van der Waals surface area contributed by atoms with Crippen LogP contribution in [0.2, 0.25) is 0 Å². The molecule has 2 N–H and O–H groups in total. The van der Waals surface area contributed by atoms with Crippen LogP contribution >= 0.6 is 0 Å². The van der Waals surface area contributed by atoms with Crippen molar-refractivity contribution in [3.63, 3.8) is 0 Å². The molecular weight excluding hydrogens is 138 g/mol. The van der Waals surface area contributed by atoms with Crippen LogP contribution in [0.25, 0.3) is 0 Å². The molecule has 6 nitrogen and oxygen atoms in total. The minimum atomic E-state index is -0.904. The lowest BCUT2D eigenvalue weighted by Crippen LogP contribution is -2.09. The van der Waals surface area contributed by atoms with Gasteiger partial charge < -0.3 is 10.5 Å². The third kappa shape index (κ3) is 1.63. The number of nitrogens with two attached hydrogens (primary N) is 1. The van der Waals surface area contributed by atoms with E-state index in [1.165, 1.54) is 6.07 Å². The maximum absolute atomic E-state index is 9.90. The van der Waals surface area contributed by atoms with Crippen molar-refractivity contribution in [1.82, 2.24) is 0 Å². The van der Waals surface area contributed by atoms with Gasteiger partial charge in [-0.15, -0.1) is 0 Å². The molecule has 0 unspecified atom stereocenters. The van der Waals surface area contributed by atoms with Gasteiger partial charge in [0.05, 0.1) is 12.0 Å². The third-order valence-electron chi connectivity index (χ3n) is 0.742. The zero-order valence-corrected chi connectivity index (χ0v) is 5.20. The lowest BCUT2D eigenvalue weighted by Gasteiger charge is -1.93. The maximum Gasteiger partial charge on any atom is 0.404 e. The molecule has 0 rings (SSSR count). The van der Waals surface area contributed by atoms with Gasteiger partial charge >= 0.3 is 5.70 Å². The molecule has 10 heavy (non-hydrogen) atoms. The van der Waals surface area contributed by atoms with Gasteiger partial charge in [0.1, 0.15) is 0 Å². The number of nitrogens with zero attached hydrogens (tertiary/aromatic N) is 2. The Morgan fingerprint density at radius 1 is 1.90 bits per heavy atom. The van der Waals surface area contributed by atoms with E-state index in [0.717, 1.165) is 7.11 Å². The SMILES string of the molecule is CO/C(N)=C(/C#N)[N+](=O)[O-]. The number of ether oxygens (including phenoxy) is 1. The quantitative estimate of drug-likeness (QED) is 0.244. The molecule has 0 radical (unpaired) electrons. The van der Waals surface area contributed by atoms with E-state index in [9.17, 15) is 10.1 Å².